The largest absolute Gasteiger partial charge is 0.460 e. The lowest BCUT2D eigenvalue weighted by Crippen LogP contribution is -2.34. The second-order valence-electron chi connectivity index (χ2n) is 4.80. The molecule has 0 spiro atoms. The lowest BCUT2D eigenvalue weighted by molar-refractivity contribution is -0.162. The van der Waals surface area contributed by atoms with E-state index in [4.69, 9.17) is 4.74 Å². The van der Waals surface area contributed by atoms with Gasteiger partial charge in [-0.25, -0.2) is 8.78 Å². The molecule has 1 heterocycles. The van der Waals surface area contributed by atoms with E-state index in [0.29, 0.717) is 0 Å². The third kappa shape index (κ3) is 3.41. The van der Waals surface area contributed by atoms with Gasteiger partial charge in [0.25, 0.3) is 0 Å². The van der Waals surface area contributed by atoms with E-state index >= 15 is 0 Å². The van der Waals surface area contributed by atoms with Crippen molar-refractivity contribution in [3.63, 3.8) is 0 Å². The van der Waals surface area contributed by atoms with Crippen LogP contribution < -0.4 is 5.32 Å². The van der Waals surface area contributed by atoms with Crippen LogP contribution in [0.15, 0.2) is 0 Å². The predicted octanol–water partition coefficient (Wildman–Crippen LogP) is 1.43. The summed E-state index contributed by atoms with van der Waals surface area (Å²) in [5, 5.41) is 2.79. The molecule has 0 saturated carbocycles. The lowest BCUT2D eigenvalue weighted by Gasteiger charge is -2.24. The third-order valence-corrected chi connectivity index (χ3v) is 2.29. The van der Waals surface area contributed by atoms with Gasteiger partial charge in [-0.15, -0.1) is 0 Å². The Morgan fingerprint density at radius 3 is 2.47 bits per heavy atom. The predicted molar refractivity (Wildman–Crippen MR) is 51.7 cm³/mol. The molecule has 15 heavy (non-hydrogen) atoms. The highest BCUT2D eigenvalue weighted by Gasteiger charge is 2.40. The number of ether oxygens (including phenoxy) is 1. The van der Waals surface area contributed by atoms with E-state index in [2.05, 4.69) is 5.32 Å². The molecule has 0 bridgehead atoms. The maximum Gasteiger partial charge on any atom is 0.311 e. The van der Waals surface area contributed by atoms with Crippen LogP contribution in [0.1, 0.15) is 20.8 Å². The number of halogens is 2. The number of rotatable bonds is 2. The van der Waals surface area contributed by atoms with Gasteiger partial charge in [0.15, 0.2) is 0 Å². The van der Waals surface area contributed by atoms with Crippen LogP contribution in [0, 0.1) is 11.8 Å². The monoisotopic (exact) mass is 221 g/mol. The Bertz CT molecular complexity index is 238. The highest BCUT2D eigenvalue weighted by Crippen LogP contribution is 2.26. The molecule has 1 saturated heterocycles. The molecule has 1 N–H and O–H groups in total. The van der Waals surface area contributed by atoms with Gasteiger partial charge in [-0.3, -0.25) is 4.79 Å². The topological polar surface area (TPSA) is 38.3 Å². The number of carbonyl (C=O) groups is 1. The molecule has 2 atom stereocenters. The van der Waals surface area contributed by atoms with Gasteiger partial charge in [0.1, 0.15) is 5.60 Å². The van der Waals surface area contributed by atoms with E-state index in [1.807, 2.05) is 0 Å². The molecule has 0 aliphatic carbocycles. The van der Waals surface area contributed by atoms with Gasteiger partial charge in [0.2, 0.25) is 6.43 Å². The molecule has 1 aliphatic rings. The second-order valence-corrected chi connectivity index (χ2v) is 4.80. The summed E-state index contributed by atoms with van der Waals surface area (Å²) >= 11 is 0. The number of alkyl halides is 2. The molecule has 3 nitrogen and oxygen atoms in total. The van der Waals surface area contributed by atoms with Gasteiger partial charge in [-0.05, 0) is 20.8 Å². The van der Waals surface area contributed by atoms with Gasteiger partial charge in [-0.2, -0.15) is 0 Å². The average molecular weight is 221 g/mol. The Kier molecular flexibility index (Phi) is 3.65. The fourth-order valence-electron chi connectivity index (χ4n) is 1.60. The highest BCUT2D eigenvalue weighted by molar-refractivity contribution is 5.74. The van der Waals surface area contributed by atoms with Crippen molar-refractivity contribution in [1.29, 1.82) is 0 Å². The zero-order valence-corrected chi connectivity index (χ0v) is 9.22. The molecule has 1 fully saturated rings. The first-order chi connectivity index (χ1) is 6.81. The van der Waals surface area contributed by atoms with Crippen molar-refractivity contribution in [3.8, 4) is 0 Å². The average Bonchev–Trinajstić information content (AvgIpc) is 2.47. The van der Waals surface area contributed by atoms with Crippen LogP contribution in [-0.2, 0) is 9.53 Å². The van der Waals surface area contributed by atoms with Crippen molar-refractivity contribution in [2.45, 2.75) is 32.8 Å². The third-order valence-electron chi connectivity index (χ3n) is 2.29. The normalized spacial score (nSPS) is 27.1. The quantitative estimate of drug-likeness (QED) is 0.717. The minimum Gasteiger partial charge on any atom is -0.460 e. The number of carbonyl (C=O) groups excluding carboxylic acids is 1. The van der Waals surface area contributed by atoms with Crippen LogP contribution in [0.4, 0.5) is 8.78 Å². The fourth-order valence-corrected chi connectivity index (χ4v) is 1.60. The van der Waals surface area contributed by atoms with Crippen LogP contribution >= 0.6 is 0 Å². The van der Waals surface area contributed by atoms with Crippen molar-refractivity contribution in [2.24, 2.45) is 11.8 Å². The van der Waals surface area contributed by atoms with Gasteiger partial charge in [0, 0.05) is 19.0 Å². The standard InChI is InChI=1S/C10H17F2NO2/c1-10(2,3)15-9(14)7-5-13-4-6(7)8(11)12/h6-8,13H,4-5H2,1-3H3/t6-,7-/m1/s1. The molecule has 1 aliphatic heterocycles. The minimum atomic E-state index is -2.47. The summed E-state index contributed by atoms with van der Waals surface area (Å²) in [5.41, 5.74) is -0.619. The lowest BCUT2D eigenvalue weighted by atomic mass is 9.96. The SMILES string of the molecule is CC(C)(C)OC(=O)[C@@H]1CNC[C@H]1C(F)F. The molecule has 88 valence electrons. The summed E-state index contributed by atoms with van der Waals surface area (Å²) in [7, 11) is 0. The zero-order chi connectivity index (χ0) is 11.6. The van der Waals surface area contributed by atoms with Crippen molar-refractivity contribution in [2.75, 3.05) is 13.1 Å². The first kappa shape index (κ1) is 12.4. The molecule has 0 radical (unpaired) electrons. The highest BCUT2D eigenvalue weighted by atomic mass is 19.3. The van der Waals surface area contributed by atoms with Crippen molar-refractivity contribution >= 4 is 5.97 Å². The summed E-state index contributed by atoms with van der Waals surface area (Å²) < 4.78 is 30.2. The van der Waals surface area contributed by atoms with Crippen molar-refractivity contribution in [1.82, 2.24) is 5.32 Å². The Hall–Kier alpha value is -0.710. The van der Waals surface area contributed by atoms with Crippen molar-refractivity contribution < 1.29 is 18.3 Å². The number of nitrogens with one attached hydrogen (secondary N) is 1. The zero-order valence-electron chi connectivity index (χ0n) is 9.22. The van der Waals surface area contributed by atoms with E-state index in [1.54, 1.807) is 20.8 Å². The van der Waals surface area contributed by atoms with Crippen LogP contribution in [0.3, 0.4) is 0 Å². The molecule has 0 aromatic heterocycles. The Labute approximate surface area is 88.2 Å². The molecular weight excluding hydrogens is 204 g/mol. The molecule has 0 amide bonds. The number of hydrogen-bond donors (Lipinski definition) is 1. The Morgan fingerprint density at radius 1 is 1.40 bits per heavy atom. The first-order valence-corrected chi connectivity index (χ1v) is 5.03. The van der Waals surface area contributed by atoms with Crippen LogP contribution in [-0.4, -0.2) is 31.1 Å². The minimum absolute atomic E-state index is 0.182. The molecule has 0 aromatic carbocycles. The maximum absolute atomic E-state index is 12.5. The van der Waals surface area contributed by atoms with Crippen LogP contribution in [0.2, 0.25) is 0 Å². The smallest absolute Gasteiger partial charge is 0.311 e. The molecule has 0 unspecified atom stereocenters. The maximum atomic E-state index is 12.5. The van der Waals surface area contributed by atoms with Gasteiger partial charge < -0.3 is 10.1 Å². The summed E-state index contributed by atoms with van der Waals surface area (Å²) in [4.78, 5) is 11.6. The molecule has 5 heteroatoms. The summed E-state index contributed by atoms with van der Waals surface area (Å²) in [5.74, 6) is -2.16. The molecule has 1 rings (SSSR count). The summed E-state index contributed by atoms with van der Waals surface area (Å²) in [6.07, 6.45) is -2.47. The number of hydrogen-bond acceptors (Lipinski definition) is 3. The van der Waals surface area contributed by atoms with E-state index in [1.165, 1.54) is 0 Å². The Morgan fingerprint density at radius 2 is 2.00 bits per heavy atom. The second kappa shape index (κ2) is 4.43. The van der Waals surface area contributed by atoms with Crippen LogP contribution in [0.25, 0.3) is 0 Å². The Balaban J connectivity index is 2.59. The first-order valence-electron chi connectivity index (χ1n) is 5.03. The summed E-state index contributed by atoms with van der Waals surface area (Å²) in [6, 6.07) is 0. The van der Waals surface area contributed by atoms with E-state index in [-0.39, 0.29) is 13.1 Å². The van der Waals surface area contributed by atoms with Crippen molar-refractivity contribution in [3.05, 3.63) is 0 Å². The number of esters is 1. The van der Waals surface area contributed by atoms with E-state index in [0.717, 1.165) is 0 Å². The van der Waals surface area contributed by atoms with E-state index < -0.39 is 29.8 Å². The van der Waals surface area contributed by atoms with Gasteiger partial charge in [-0.1, -0.05) is 0 Å². The van der Waals surface area contributed by atoms with Gasteiger partial charge >= 0.3 is 5.97 Å². The molecule has 0 aromatic rings. The fraction of sp³-hybridized carbons (Fsp3) is 0.900. The summed E-state index contributed by atoms with van der Waals surface area (Å²) in [6.45, 7) is 5.64. The molecular formula is C10H17F2NO2. The van der Waals surface area contributed by atoms with Crippen LogP contribution in [0.5, 0.6) is 0 Å². The van der Waals surface area contributed by atoms with E-state index in [9.17, 15) is 13.6 Å². The van der Waals surface area contributed by atoms with Gasteiger partial charge in [0.05, 0.1) is 5.92 Å².